The molecule has 6 heteroatoms. The van der Waals surface area contributed by atoms with E-state index in [9.17, 15) is 4.79 Å². The lowest BCUT2D eigenvalue weighted by atomic mass is 10.0. The Balaban J connectivity index is 1.55. The average molecular weight is 481 g/mol. The predicted molar refractivity (Wildman–Crippen MR) is 127 cm³/mol. The molecule has 0 unspecified atom stereocenters. The Morgan fingerprint density at radius 1 is 1.06 bits per heavy atom. The van der Waals surface area contributed by atoms with Gasteiger partial charge in [0.05, 0.1) is 6.21 Å². The molecule has 0 bridgehead atoms. The Bertz CT molecular complexity index is 1070. The van der Waals surface area contributed by atoms with E-state index in [1.807, 2.05) is 73.7 Å². The van der Waals surface area contributed by atoms with E-state index in [2.05, 4.69) is 40.3 Å². The molecular weight excluding hydrogens is 456 g/mol. The zero-order valence-corrected chi connectivity index (χ0v) is 19.3. The van der Waals surface area contributed by atoms with Crippen LogP contribution in [0.15, 0.2) is 76.3 Å². The lowest BCUT2D eigenvalue weighted by Crippen LogP contribution is -2.25. The van der Waals surface area contributed by atoms with Crippen molar-refractivity contribution in [2.75, 3.05) is 6.61 Å². The van der Waals surface area contributed by atoms with Gasteiger partial charge in [-0.2, -0.15) is 5.10 Å². The van der Waals surface area contributed by atoms with Gasteiger partial charge in [-0.25, -0.2) is 5.43 Å². The van der Waals surface area contributed by atoms with Crippen LogP contribution in [0.2, 0.25) is 0 Å². The fourth-order valence-electron chi connectivity index (χ4n) is 2.88. The van der Waals surface area contributed by atoms with Gasteiger partial charge in [0, 0.05) is 4.47 Å². The van der Waals surface area contributed by atoms with Crippen LogP contribution in [-0.2, 0) is 4.79 Å². The molecule has 0 spiro atoms. The van der Waals surface area contributed by atoms with Gasteiger partial charge in [0.15, 0.2) is 6.61 Å². The number of carbonyl (C=O) groups excluding carboxylic acids is 1. The number of nitrogens with zero attached hydrogens (tertiary/aromatic N) is 1. The van der Waals surface area contributed by atoms with Crippen LogP contribution in [0.5, 0.6) is 17.2 Å². The fraction of sp³-hybridized carbons (Fsp3) is 0.200. The molecule has 160 valence electrons. The third-order valence-electron chi connectivity index (χ3n) is 4.51. The molecule has 1 N–H and O–H groups in total. The second-order valence-electron chi connectivity index (χ2n) is 7.36. The summed E-state index contributed by atoms with van der Waals surface area (Å²) in [5.74, 6) is 2.10. The molecule has 0 fully saturated rings. The molecule has 3 aromatic rings. The molecule has 0 aromatic heterocycles. The van der Waals surface area contributed by atoms with Crippen molar-refractivity contribution in [3.05, 3.63) is 87.9 Å². The average Bonchev–Trinajstić information content (AvgIpc) is 2.75. The monoisotopic (exact) mass is 480 g/mol. The highest BCUT2D eigenvalue weighted by Crippen LogP contribution is 2.32. The van der Waals surface area contributed by atoms with E-state index in [-0.39, 0.29) is 18.4 Å². The molecule has 0 aliphatic heterocycles. The topological polar surface area (TPSA) is 59.9 Å². The van der Waals surface area contributed by atoms with Crippen molar-refractivity contribution in [2.24, 2.45) is 5.10 Å². The third-order valence-corrected chi connectivity index (χ3v) is 5.37. The van der Waals surface area contributed by atoms with Crippen LogP contribution in [-0.4, -0.2) is 18.7 Å². The molecule has 3 aromatic carbocycles. The number of benzene rings is 3. The van der Waals surface area contributed by atoms with Crippen LogP contribution in [0.25, 0.3) is 0 Å². The number of aryl methyl sites for hydroxylation is 1. The maximum absolute atomic E-state index is 12.2. The van der Waals surface area contributed by atoms with E-state index in [4.69, 9.17) is 9.47 Å². The van der Waals surface area contributed by atoms with E-state index in [1.54, 1.807) is 6.21 Å². The zero-order valence-electron chi connectivity index (χ0n) is 17.8. The number of para-hydroxylation sites is 1. The van der Waals surface area contributed by atoms with Crippen LogP contribution in [0.4, 0.5) is 0 Å². The van der Waals surface area contributed by atoms with E-state index in [0.717, 1.165) is 26.9 Å². The first-order chi connectivity index (χ1) is 14.9. The molecule has 0 heterocycles. The summed E-state index contributed by atoms with van der Waals surface area (Å²) in [5.41, 5.74) is 5.40. The van der Waals surface area contributed by atoms with Crippen molar-refractivity contribution in [1.29, 1.82) is 0 Å². The van der Waals surface area contributed by atoms with Crippen molar-refractivity contribution in [1.82, 2.24) is 5.43 Å². The van der Waals surface area contributed by atoms with Gasteiger partial charge in [0.1, 0.15) is 17.2 Å². The lowest BCUT2D eigenvalue weighted by Gasteiger charge is -2.15. The quantitative estimate of drug-likeness (QED) is 0.308. The first kappa shape index (κ1) is 22.6. The molecule has 0 aliphatic carbocycles. The summed E-state index contributed by atoms with van der Waals surface area (Å²) in [7, 11) is 0. The van der Waals surface area contributed by atoms with Gasteiger partial charge in [0.2, 0.25) is 0 Å². The summed E-state index contributed by atoms with van der Waals surface area (Å²) in [6.45, 7) is 6.05. The Morgan fingerprint density at radius 2 is 1.81 bits per heavy atom. The normalized spacial score (nSPS) is 11.0. The van der Waals surface area contributed by atoms with E-state index in [0.29, 0.717) is 11.5 Å². The van der Waals surface area contributed by atoms with Crippen molar-refractivity contribution in [3.8, 4) is 17.2 Å². The Hall–Kier alpha value is -3.12. The van der Waals surface area contributed by atoms with Crippen LogP contribution in [0.1, 0.15) is 36.5 Å². The summed E-state index contributed by atoms with van der Waals surface area (Å²) in [4.78, 5) is 12.2. The van der Waals surface area contributed by atoms with Gasteiger partial charge in [0.25, 0.3) is 5.91 Å². The molecular formula is C25H25BrN2O3. The Labute approximate surface area is 191 Å². The minimum absolute atomic E-state index is 0.116. The minimum atomic E-state index is -0.330. The van der Waals surface area contributed by atoms with Gasteiger partial charge in [-0.1, -0.05) is 60.1 Å². The molecule has 0 radical (unpaired) electrons. The second-order valence-corrected chi connectivity index (χ2v) is 8.22. The molecule has 0 atom stereocenters. The molecule has 1 amide bonds. The molecule has 0 aliphatic rings. The van der Waals surface area contributed by atoms with Crippen LogP contribution >= 0.6 is 15.9 Å². The predicted octanol–water partition coefficient (Wildman–Crippen LogP) is 6.20. The Kier molecular flexibility index (Phi) is 7.84. The highest BCUT2D eigenvalue weighted by atomic mass is 79.9. The number of carbonyl (C=O) groups is 1. The van der Waals surface area contributed by atoms with Crippen LogP contribution in [0, 0.1) is 6.92 Å². The number of amides is 1. The summed E-state index contributed by atoms with van der Waals surface area (Å²) < 4.78 is 12.6. The number of rotatable bonds is 8. The minimum Gasteiger partial charge on any atom is -0.483 e. The molecule has 3 rings (SSSR count). The number of hydrogen-bond acceptors (Lipinski definition) is 4. The largest absolute Gasteiger partial charge is 0.483 e. The smallest absolute Gasteiger partial charge is 0.277 e. The first-order valence-electron chi connectivity index (χ1n) is 10.00. The number of nitrogens with one attached hydrogen (secondary N) is 1. The zero-order chi connectivity index (χ0) is 22.2. The van der Waals surface area contributed by atoms with Crippen molar-refractivity contribution < 1.29 is 14.3 Å². The van der Waals surface area contributed by atoms with Gasteiger partial charge in [-0.15, -0.1) is 0 Å². The first-order valence-corrected chi connectivity index (χ1v) is 10.8. The number of hydrazone groups is 1. The van der Waals surface area contributed by atoms with Gasteiger partial charge in [-0.05, 0) is 65.9 Å². The van der Waals surface area contributed by atoms with Crippen molar-refractivity contribution in [3.63, 3.8) is 0 Å². The molecule has 0 saturated heterocycles. The fourth-order valence-corrected chi connectivity index (χ4v) is 3.25. The SMILES string of the molecule is Cc1cc(OCC(=O)N/N=C\c2cccc(Oc3ccccc3)c2)c(C(C)C)cc1Br. The van der Waals surface area contributed by atoms with Crippen LogP contribution in [0.3, 0.4) is 0 Å². The number of hydrogen-bond donors (Lipinski definition) is 1. The maximum Gasteiger partial charge on any atom is 0.277 e. The standard InChI is InChI=1S/C25H25BrN2O3/c1-17(2)22-14-23(26)18(3)12-24(22)30-16-25(29)28-27-15-19-8-7-11-21(13-19)31-20-9-5-4-6-10-20/h4-15,17H,16H2,1-3H3,(H,28,29)/b27-15-. The molecule has 0 saturated carbocycles. The van der Waals surface area contributed by atoms with Crippen molar-refractivity contribution in [2.45, 2.75) is 26.7 Å². The summed E-state index contributed by atoms with van der Waals surface area (Å²) >= 11 is 3.55. The maximum atomic E-state index is 12.2. The van der Waals surface area contributed by atoms with E-state index >= 15 is 0 Å². The Morgan fingerprint density at radius 3 is 2.55 bits per heavy atom. The number of halogens is 1. The third kappa shape index (κ3) is 6.69. The van der Waals surface area contributed by atoms with Crippen molar-refractivity contribution >= 4 is 28.1 Å². The highest BCUT2D eigenvalue weighted by molar-refractivity contribution is 9.10. The molecule has 31 heavy (non-hydrogen) atoms. The van der Waals surface area contributed by atoms with E-state index in [1.165, 1.54) is 0 Å². The summed E-state index contributed by atoms with van der Waals surface area (Å²) in [6.07, 6.45) is 1.57. The van der Waals surface area contributed by atoms with Crippen LogP contribution < -0.4 is 14.9 Å². The molecule has 5 nitrogen and oxygen atoms in total. The lowest BCUT2D eigenvalue weighted by molar-refractivity contribution is -0.123. The number of ether oxygens (including phenoxy) is 2. The second kappa shape index (κ2) is 10.8. The highest BCUT2D eigenvalue weighted by Gasteiger charge is 2.12. The summed E-state index contributed by atoms with van der Waals surface area (Å²) in [6, 6.07) is 21.0. The summed E-state index contributed by atoms with van der Waals surface area (Å²) in [5, 5.41) is 4.02. The van der Waals surface area contributed by atoms with Gasteiger partial charge < -0.3 is 9.47 Å². The van der Waals surface area contributed by atoms with E-state index < -0.39 is 0 Å². The van der Waals surface area contributed by atoms with Gasteiger partial charge in [-0.3, -0.25) is 4.79 Å². The van der Waals surface area contributed by atoms with Gasteiger partial charge >= 0.3 is 0 Å².